The van der Waals surface area contributed by atoms with Gasteiger partial charge in [0.1, 0.15) is 22.3 Å². The molecule has 0 N–H and O–H groups in total. The van der Waals surface area contributed by atoms with Crippen LogP contribution in [0.15, 0.2) is 191 Å². The largest absolute Gasteiger partial charge is 0.455 e. The zero-order chi connectivity index (χ0) is 36.7. The Morgan fingerprint density at radius 1 is 0.321 bits per heavy atom. The smallest absolute Gasteiger partial charge is 0.147 e. The van der Waals surface area contributed by atoms with Crippen LogP contribution in [0.5, 0.6) is 0 Å². The van der Waals surface area contributed by atoms with E-state index in [1.54, 1.807) is 0 Å². The molecule has 0 radical (unpaired) electrons. The van der Waals surface area contributed by atoms with Crippen molar-refractivity contribution in [1.82, 2.24) is 9.97 Å². The van der Waals surface area contributed by atoms with Crippen molar-refractivity contribution < 1.29 is 8.83 Å². The lowest BCUT2D eigenvalue weighted by Gasteiger charge is -2.11. The lowest BCUT2D eigenvalue weighted by Crippen LogP contribution is -1.92. The van der Waals surface area contributed by atoms with E-state index < -0.39 is 0 Å². The molecule has 0 atom stereocenters. The average molecular weight is 715 g/mol. The highest BCUT2D eigenvalue weighted by atomic mass is 16.3. The topological polar surface area (TPSA) is 52.1 Å². The Labute approximate surface area is 320 Å². The summed E-state index contributed by atoms with van der Waals surface area (Å²) < 4.78 is 13.1. The van der Waals surface area contributed by atoms with Gasteiger partial charge in [0.25, 0.3) is 0 Å². The molecule has 0 saturated carbocycles. The Hall–Kier alpha value is -7.56. The van der Waals surface area contributed by atoms with Gasteiger partial charge in [-0.15, -0.1) is 0 Å². The number of para-hydroxylation sites is 2. The number of benzene rings is 9. The van der Waals surface area contributed by atoms with Crippen LogP contribution in [0, 0.1) is 0 Å². The number of aromatic nitrogens is 2. The second-order valence-electron chi connectivity index (χ2n) is 14.5. The Morgan fingerprint density at radius 3 is 1.38 bits per heavy atom. The Bertz CT molecular complexity index is 3400. The van der Waals surface area contributed by atoms with Gasteiger partial charge in [-0.1, -0.05) is 152 Å². The zero-order valence-electron chi connectivity index (χ0n) is 30.0. The quantitative estimate of drug-likeness (QED) is 0.170. The first-order chi connectivity index (χ1) is 27.7. The summed E-state index contributed by atoms with van der Waals surface area (Å²) in [6.07, 6.45) is 1.90. The van der Waals surface area contributed by atoms with E-state index in [4.69, 9.17) is 18.8 Å². The molecule has 9 aromatic carbocycles. The minimum absolute atomic E-state index is 0.838. The summed E-state index contributed by atoms with van der Waals surface area (Å²) in [5.41, 5.74) is 13.7. The molecule has 56 heavy (non-hydrogen) atoms. The van der Waals surface area contributed by atoms with Crippen LogP contribution in [-0.2, 0) is 0 Å². The standard InChI is InChI=1S/C52H30N2O2/c1-3-16-41-37(12-1)38-13-2-4-17-42(38)50-49(41)53-30-45(54-50)34-26-24-32(25-27-34)31-20-22-33(23-21-31)35-10-9-11-36(28-35)48-51-43(39-14-5-7-18-46(39)55-51)29-44-40-15-6-8-19-47(40)56-52(44)48/h1-30H. The third-order valence-corrected chi connectivity index (χ3v) is 11.3. The molecule has 0 amide bonds. The third kappa shape index (κ3) is 4.66. The molecule has 0 spiro atoms. The van der Waals surface area contributed by atoms with Crippen molar-refractivity contribution in [2.24, 2.45) is 0 Å². The summed E-state index contributed by atoms with van der Waals surface area (Å²) in [4.78, 5) is 10.1. The van der Waals surface area contributed by atoms with Crippen molar-refractivity contribution in [2.75, 3.05) is 0 Å². The zero-order valence-corrected chi connectivity index (χ0v) is 30.0. The first-order valence-corrected chi connectivity index (χ1v) is 18.9. The Balaban J connectivity index is 0.897. The van der Waals surface area contributed by atoms with Crippen LogP contribution in [0.25, 0.3) is 121 Å². The first kappa shape index (κ1) is 30.9. The third-order valence-electron chi connectivity index (χ3n) is 11.3. The SMILES string of the molecule is c1cc(-c2ccc(-c3ccc(-c4cnc5c6ccccc6c6ccccc6c5n4)cc3)cc2)cc(-c2c3oc4ccccc4c3cc3c2oc2ccccc23)c1. The van der Waals surface area contributed by atoms with Crippen molar-refractivity contribution in [3.63, 3.8) is 0 Å². The maximum Gasteiger partial charge on any atom is 0.147 e. The summed E-state index contributed by atoms with van der Waals surface area (Å²) in [5.74, 6) is 0. The van der Waals surface area contributed by atoms with Crippen molar-refractivity contribution in [3.05, 3.63) is 182 Å². The number of rotatable bonds is 4. The number of hydrogen-bond donors (Lipinski definition) is 0. The molecule has 260 valence electrons. The molecule has 4 heteroatoms. The molecule has 0 aliphatic carbocycles. The molecule has 4 nitrogen and oxygen atoms in total. The van der Waals surface area contributed by atoms with Gasteiger partial charge in [-0.25, -0.2) is 4.98 Å². The van der Waals surface area contributed by atoms with Crippen LogP contribution in [0.2, 0.25) is 0 Å². The van der Waals surface area contributed by atoms with Gasteiger partial charge in [0.05, 0.1) is 28.5 Å². The number of hydrogen-bond acceptors (Lipinski definition) is 4. The molecule has 0 aliphatic rings. The number of furan rings is 2. The molecule has 3 aromatic heterocycles. The van der Waals surface area contributed by atoms with E-state index >= 15 is 0 Å². The van der Waals surface area contributed by atoms with Crippen molar-refractivity contribution in [1.29, 1.82) is 0 Å². The second-order valence-corrected chi connectivity index (χ2v) is 14.5. The molecular weight excluding hydrogens is 685 g/mol. The highest BCUT2D eigenvalue weighted by molar-refractivity contribution is 6.24. The molecule has 0 aliphatic heterocycles. The fourth-order valence-electron chi connectivity index (χ4n) is 8.60. The predicted molar refractivity (Wildman–Crippen MR) is 231 cm³/mol. The number of nitrogens with zero attached hydrogens (tertiary/aromatic N) is 2. The first-order valence-electron chi connectivity index (χ1n) is 18.9. The van der Waals surface area contributed by atoms with Crippen molar-refractivity contribution >= 4 is 76.5 Å². The number of fused-ring (bicyclic) bond motifs is 12. The monoisotopic (exact) mass is 714 g/mol. The van der Waals surface area contributed by atoms with Gasteiger partial charge >= 0.3 is 0 Å². The van der Waals surface area contributed by atoms with E-state index in [0.29, 0.717) is 0 Å². The van der Waals surface area contributed by atoms with Crippen LogP contribution >= 0.6 is 0 Å². The van der Waals surface area contributed by atoms with Crippen LogP contribution < -0.4 is 0 Å². The van der Waals surface area contributed by atoms with Gasteiger partial charge in [0, 0.05) is 37.9 Å². The normalized spacial score (nSPS) is 11.9. The summed E-state index contributed by atoms with van der Waals surface area (Å²) >= 11 is 0. The molecule has 12 aromatic rings. The van der Waals surface area contributed by atoms with E-state index in [-0.39, 0.29) is 0 Å². The van der Waals surface area contributed by atoms with E-state index in [2.05, 4.69) is 152 Å². The van der Waals surface area contributed by atoms with Crippen LogP contribution in [0.3, 0.4) is 0 Å². The average Bonchev–Trinajstić information content (AvgIpc) is 3.84. The predicted octanol–water partition coefficient (Wildman–Crippen LogP) is 14.4. The van der Waals surface area contributed by atoms with Crippen LogP contribution in [-0.4, -0.2) is 9.97 Å². The minimum atomic E-state index is 0.838. The van der Waals surface area contributed by atoms with Gasteiger partial charge in [-0.3, -0.25) is 4.98 Å². The van der Waals surface area contributed by atoms with Gasteiger partial charge < -0.3 is 8.83 Å². The van der Waals surface area contributed by atoms with Gasteiger partial charge in [-0.2, -0.15) is 0 Å². The van der Waals surface area contributed by atoms with Gasteiger partial charge in [-0.05, 0) is 62.9 Å². The summed E-state index contributed by atoms with van der Waals surface area (Å²) in [6, 6.07) is 61.7. The van der Waals surface area contributed by atoms with E-state index in [1.807, 2.05) is 30.5 Å². The molecule has 0 bridgehead atoms. The highest BCUT2D eigenvalue weighted by Gasteiger charge is 2.21. The highest BCUT2D eigenvalue weighted by Crippen LogP contribution is 2.45. The van der Waals surface area contributed by atoms with E-state index in [9.17, 15) is 0 Å². The minimum Gasteiger partial charge on any atom is -0.455 e. The molecule has 0 unspecified atom stereocenters. The van der Waals surface area contributed by atoms with Crippen molar-refractivity contribution in [2.45, 2.75) is 0 Å². The molecule has 12 rings (SSSR count). The Morgan fingerprint density at radius 2 is 0.786 bits per heavy atom. The molecule has 0 saturated heterocycles. The Kier molecular flexibility index (Phi) is 6.60. The lowest BCUT2D eigenvalue weighted by atomic mass is 9.94. The summed E-state index contributed by atoms with van der Waals surface area (Å²) in [6.45, 7) is 0. The summed E-state index contributed by atoms with van der Waals surface area (Å²) in [5, 5.41) is 9.01. The van der Waals surface area contributed by atoms with Crippen LogP contribution in [0.4, 0.5) is 0 Å². The molecule has 0 fully saturated rings. The maximum absolute atomic E-state index is 6.57. The summed E-state index contributed by atoms with van der Waals surface area (Å²) in [7, 11) is 0. The second kappa shape index (κ2) is 12.0. The van der Waals surface area contributed by atoms with E-state index in [1.165, 1.54) is 10.8 Å². The maximum atomic E-state index is 6.57. The fourth-order valence-corrected chi connectivity index (χ4v) is 8.60. The lowest BCUT2D eigenvalue weighted by molar-refractivity contribution is 0.658. The van der Waals surface area contributed by atoms with E-state index in [0.717, 1.165) is 110 Å². The fraction of sp³-hybridized carbons (Fsp3) is 0. The van der Waals surface area contributed by atoms with Crippen molar-refractivity contribution in [3.8, 4) is 44.6 Å². The van der Waals surface area contributed by atoms with Gasteiger partial charge in [0.15, 0.2) is 0 Å². The molecular formula is C52H30N2O2. The van der Waals surface area contributed by atoms with Gasteiger partial charge in [0.2, 0.25) is 0 Å². The molecule has 3 heterocycles. The van der Waals surface area contributed by atoms with Crippen LogP contribution in [0.1, 0.15) is 0 Å².